The summed E-state index contributed by atoms with van der Waals surface area (Å²) >= 11 is 6.43. The summed E-state index contributed by atoms with van der Waals surface area (Å²) in [4.78, 5) is 26.8. The summed E-state index contributed by atoms with van der Waals surface area (Å²) < 4.78 is 0. The lowest BCUT2D eigenvalue weighted by Crippen LogP contribution is -2.25. The number of hydrogen-bond donors (Lipinski definition) is 3. The third-order valence-corrected chi connectivity index (χ3v) is 6.00. The van der Waals surface area contributed by atoms with E-state index in [0.717, 1.165) is 28.5 Å². The van der Waals surface area contributed by atoms with Gasteiger partial charge in [0.15, 0.2) is 0 Å². The van der Waals surface area contributed by atoms with E-state index >= 15 is 0 Å². The van der Waals surface area contributed by atoms with Crippen LogP contribution in [0.1, 0.15) is 43.1 Å². The standard InChI is InChI=1S/C28H30ClN5O2/c1-28(2,3)12-14-36-34-27(35)21-8-7-20(16-22(21)29)25-11-9-23(30)26(33-25)32-17-18-6-10-24-19(15-18)5-4-13-31-24/h4-11,13,15-16H,12,14,17,30H2,1-3H3,(H,32,33)(H,34,35). The molecule has 0 radical (unpaired) electrons. The molecule has 186 valence electrons. The summed E-state index contributed by atoms with van der Waals surface area (Å²) in [6.45, 7) is 7.32. The first-order valence-electron chi connectivity index (χ1n) is 11.8. The monoisotopic (exact) mass is 503 g/mol. The number of aromatic nitrogens is 2. The molecule has 36 heavy (non-hydrogen) atoms. The van der Waals surface area contributed by atoms with Gasteiger partial charge in [-0.3, -0.25) is 14.6 Å². The van der Waals surface area contributed by atoms with Crippen molar-refractivity contribution >= 4 is 39.9 Å². The van der Waals surface area contributed by atoms with Crippen LogP contribution in [0.3, 0.4) is 0 Å². The summed E-state index contributed by atoms with van der Waals surface area (Å²) in [5.41, 5.74) is 13.1. The average molecular weight is 504 g/mol. The van der Waals surface area contributed by atoms with Crippen molar-refractivity contribution in [1.29, 1.82) is 0 Å². The number of hydroxylamine groups is 1. The van der Waals surface area contributed by atoms with Crippen molar-refractivity contribution in [3.63, 3.8) is 0 Å². The molecule has 0 spiro atoms. The van der Waals surface area contributed by atoms with E-state index in [1.165, 1.54) is 0 Å². The highest BCUT2D eigenvalue weighted by atomic mass is 35.5. The molecular weight excluding hydrogens is 474 g/mol. The van der Waals surface area contributed by atoms with E-state index in [4.69, 9.17) is 22.2 Å². The first-order chi connectivity index (χ1) is 17.2. The van der Waals surface area contributed by atoms with Gasteiger partial charge in [-0.05, 0) is 59.9 Å². The molecular formula is C28H30ClN5O2. The van der Waals surface area contributed by atoms with E-state index in [1.54, 1.807) is 30.5 Å². The van der Waals surface area contributed by atoms with Gasteiger partial charge in [-0.15, -0.1) is 0 Å². The molecule has 0 unspecified atom stereocenters. The molecule has 0 bridgehead atoms. The van der Waals surface area contributed by atoms with Crippen molar-refractivity contribution in [1.82, 2.24) is 15.4 Å². The van der Waals surface area contributed by atoms with Crippen LogP contribution < -0.4 is 16.5 Å². The van der Waals surface area contributed by atoms with Crippen LogP contribution in [-0.4, -0.2) is 22.5 Å². The Morgan fingerprint density at radius 3 is 2.69 bits per heavy atom. The van der Waals surface area contributed by atoms with Gasteiger partial charge in [-0.2, -0.15) is 0 Å². The van der Waals surface area contributed by atoms with Crippen LogP contribution in [0.4, 0.5) is 11.5 Å². The molecule has 0 aliphatic heterocycles. The summed E-state index contributed by atoms with van der Waals surface area (Å²) in [7, 11) is 0. The maximum absolute atomic E-state index is 12.5. The van der Waals surface area contributed by atoms with Gasteiger partial charge in [0.05, 0.1) is 34.1 Å². The van der Waals surface area contributed by atoms with Crippen LogP contribution in [0.5, 0.6) is 0 Å². The molecule has 4 rings (SSSR count). The Hall–Kier alpha value is -3.68. The largest absolute Gasteiger partial charge is 0.396 e. The Morgan fingerprint density at radius 2 is 1.92 bits per heavy atom. The fraction of sp³-hybridized carbons (Fsp3) is 0.250. The number of pyridine rings is 2. The lowest BCUT2D eigenvalue weighted by molar-refractivity contribution is 0.0221. The Labute approximate surface area is 216 Å². The summed E-state index contributed by atoms with van der Waals surface area (Å²) in [5.74, 6) is 0.183. The van der Waals surface area contributed by atoms with E-state index < -0.39 is 5.91 Å². The highest BCUT2D eigenvalue weighted by molar-refractivity contribution is 6.34. The van der Waals surface area contributed by atoms with Crippen LogP contribution in [-0.2, 0) is 11.4 Å². The summed E-state index contributed by atoms with van der Waals surface area (Å²) in [5, 5.41) is 4.70. The second kappa shape index (κ2) is 10.9. The second-order valence-corrected chi connectivity index (χ2v) is 10.2. The van der Waals surface area contributed by atoms with Crippen molar-refractivity contribution in [2.24, 2.45) is 5.41 Å². The number of carbonyl (C=O) groups is 1. The van der Waals surface area contributed by atoms with E-state index in [-0.39, 0.29) is 5.41 Å². The SMILES string of the molecule is CC(C)(C)CCONC(=O)c1ccc(-c2ccc(N)c(NCc3ccc4ncccc4c3)n2)cc1Cl. The van der Waals surface area contributed by atoms with Crippen LogP contribution in [0.15, 0.2) is 66.9 Å². The minimum Gasteiger partial charge on any atom is -0.396 e. The molecule has 7 nitrogen and oxygen atoms in total. The molecule has 0 fully saturated rings. The highest BCUT2D eigenvalue weighted by Crippen LogP contribution is 2.28. The van der Waals surface area contributed by atoms with E-state index in [9.17, 15) is 4.79 Å². The molecule has 0 aliphatic rings. The zero-order valence-electron chi connectivity index (χ0n) is 20.6. The van der Waals surface area contributed by atoms with E-state index in [1.807, 2.05) is 30.3 Å². The van der Waals surface area contributed by atoms with Crippen molar-refractivity contribution < 1.29 is 9.63 Å². The number of carbonyl (C=O) groups excluding carboxylic acids is 1. The van der Waals surface area contributed by atoms with Crippen LogP contribution >= 0.6 is 11.6 Å². The molecule has 0 aliphatic carbocycles. The van der Waals surface area contributed by atoms with Crippen molar-refractivity contribution in [3.05, 3.63) is 83.0 Å². The van der Waals surface area contributed by atoms with Crippen LogP contribution in [0.2, 0.25) is 5.02 Å². The van der Waals surface area contributed by atoms with E-state index in [0.29, 0.717) is 40.9 Å². The molecule has 8 heteroatoms. The number of nitrogens with zero attached hydrogens (tertiary/aromatic N) is 2. The van der Waals surface area contributed by atoms with Crippen LogP contribution in [0, 0.1) is 5.41 Å². The molecule has 2 aromatic carbocycles. The minimum atomic E-state index is -0.390. The molecule has 4 N–H and O–H groups in total. The lowest BCUT2D eigenvalue weighted by atomic mass is 9.93. The average Bonchev–Trinajstić information content (AvgIpc) is 2.85. The molecule has 2 aromatic heterocycles. The number of hydrogen-bond acceptors (Lipinski definition) is 6. The lowest BCUT2D eigenvalue weighted by Gasteiger charge is -2.17. The molecule has 0 saturated carbocycles. The fourth-order valence-electron chi connectivity index (χ4n) is 3.58. The molecule has 1 amide bonds. The van der Waals surface area contributed by atoms with Gasteiger partial charge in [0, 0.05) is 23.7 Å². The first-order valence-corrected chi connectivity index (χ1v) is 12.1. The third-order valence-electron chi connectivity index (χ3n) is 5.68. The normalized spacial score (nSPS) is 11.4. The van der Waals surface area contributed by atoms with Gasteiger partial charge in [0.25, 0.3) is 5.91 Å². The zero-order valence-corrected chi connectivity index (χ0v) is 21.4. The maximum Gasteiger partial charge on any atom is 0.276 e. The minimum absolute atomic E-state index is 0.122. The number of nitrogens with two attached hydrogens (primary N) is 1. The predicted octanol–water partition coefficient (Wildman–Crippen LogP) is 6.24. The number of nitrogens with one attached hydrogen (secondary N) is 2. The second-order valence-electron chi connectivity index (χ2n) is 9.80. The quantitative estimate of drug-likeness (QED) is 0.194. The van der Waals surface area contributed by atoms with E-state index in [2.05, 4.69) is 47.6 Å². The van der Waals surface area contributed by atoms with Crippen molar-refractivity contribution in [2.45, 2.75) is 33.7 Å². The number of amides is 1. The fourth-order valence-corrected chi connectivity index (χ4v) is 3.85. The molecule has 0 atom stereocenters. The molecule has 4 aromatic rings. The first kappa shape index (κ1) is 25.4. The van der Waals surface area contributed by atoms with Gasteiger partial charge in [0.1, 0.15) is 5.82 Å². The van der Waals surface area contributed by atoms with Gasteiger partial charge >= 0.3 is 0 Å². The molecule has 2 heterocycles. The summed E-state index contributed by atoms with van der Waals surface area (Å²) in [6, 6.07) is 18.9. The Morgan fingerprint density at radius 1 is 1.08 bits per heavy atom. The number of fused-ring (bicyclic) bond motifs is 1. The zero-order chi connectivity index (χ0) is 25.7. The van der Waals surface area contributed by atoms with Crippen LogP contribution in [0.25, 0.3) is 22.2 Å². The van der Waals surface area contributed by atoms with Gasteiger partial charge in [-0.1, -0.05) is 50.6 Å². The predicted molar refractivity (Wildman–Crippen MR) is 146 cm³/mol. The maximum atomic E-state index is 12.5. The number of rotatable bonds is 8. The number of anilines is 2. The Balaban J connectivity index is 1.44. The van der Waals surface area contributed by atoms with Crippen molar-refractivity contribution in [3.8, 4) is 11.3 Å². The number of halogens is 1. The summed E-state index contributed by atoms with van der Waals surface area (Å²) in [6.07, 6.45) is 2.60. The molecule has 0 saturated heterocycles. The van der Waals surface area contributed by atoms with Gasteiger partial charge in [-0.25, -0.2) is 10.5 Å². The third kappa shape index (κ3) is 6.50. The Kier molecular flexibility index (Phi) is 7.72. The van der Waals surface area contributed by atoms with Gasteiger partial charge in [0.2, 0.25) is 0 Å². The van der Waals surface area contributed by atoms with Crippen molar-refractivity contribution in [2.75, 3.05) is 17.7 Å². The number of nitrogen functional groups attached to an aromatic ring is 1. The highest BCUT2D eigenvalue weighted by Gasteiger charge is 2.14. The number of benzene rings is 2. The topological polar surface area (TPSA) is 102 Å². The smallest absolute Gasteiger partial charge is 0.276 e. The Bertz CT molecular complexity index is 1380. The van der Waals surface area contributed by atoms with Gasteiger partial charge < -0.3 is 11.1 Å².